The van der Waals surface area contributed by atoms with Gasteiger partial charge in [-0.1, -0.05) is 18.2 Å². The van der Waals surface area contributed by atoms with E-state index in [9.17, 15) is 13.2 Å². The van der Waals surface area contributed by atoms with E-state index >= 15 is 0 Å². The fourth-order valence-electron chi connectivity index (χ4n) is 3.44. The number of benzene rings is 2. The van der Waals surface area contributed by atoms with Crippen LogP contribution in [0.15, 0.2) is 84.1 Å². The Kier molecular flexibility index (Phi) is 6.33. The van der Waals surface area contributed by atoms with Crippen molar-refractivity contribution < 1.29 is 17.9 Å². The van der Waals surface area contributed by atoms with E-state index in [1.165, 1.54) is 31.0 Å². The number of hydrogen-bond acceptors (Lipinski definition) is 6. The summed E-state index contributed by atoms with van der Waals surface area (Å²) < 4.78 is 34.7. The van der Waals surface area contributed by atoms with Crippen LogP contribution in [0, 0.1) is 6.92 Å². The third-order valence-corrected chi connectivity index (χ3v) is 7.06. The molecule has 0 fully saturated rings. The van der Waals surface area contributed by atoms with Gasteiger partial charge in [0.15, 0.2) is 5.82 Å². The Balaban J connectivity index is 1.67. The van der Waals surface area contributed by atoms with E-state index in [-0.39, 0.29) is 10.5 Å². The predicted molar refractivity (Wildman–Crippen MR) is 129 cm³/mol. The highest BCUT2D eigenvalue weighted by Gasteiger charge is 2.25. The SMILES string of the molecule is COc1ccccc1N(C)S(=O)(=O)c1ccc(C)c(C(=O)Nc2cccnc2-n2cccn2)c1. The Bertz CT molecular complexity index is 1440. The number of methoxy groups -OCH3 is 1. The molecular weight excluding hydrogens is 454 g/mol. The van der Waals surface area contributed by atoms with Gasteiger partial charge in [0, 0.05) is 31.2 Å². The zero-order valence-corrected chi connectivity index (χ0v) is 19.7. The van der Waals surface area contributed by atoms with Crippen LogP contribution in [0.1, 0.15) is 15.9 Å². The van der Waals surface area contributed by atoms with Gasteiger partial charge in [-0.3, -0.25) is 9.10 Å². The van der Waals surface area contributed by atoms with E-state index in [1.807, 2.05) is 0 Å². The second-order valence-corrected chi connectivity index (χ2v) is 9.37. The molecule has 0 aliphatic heterocycles. The van der Waals surface area contributed by atoms with Gasteiger partial charge in [0.25, 0.3) is 15.9 Å². The van der Waals surface area contributed by atoms with Crippen LogP contribution in [0.5, 0.6) is 5.75 Å². The van der Waals surface area contributed by atoms with Crippen molar-refractivity contribution in [1.82, 2.24) is 14.8 Å². The number of ether oxygens (including phenoxy) is 1. The first-order chi connectivity index (χ1) is 16.3. The summed E-state index contributed by atoms with van der Waals surface area (Å²) in [6.45, 7) is 1.74. The first-order valence-electron chi connectivity index (χ1n) is 10.3. The maximum atomic E-state index is 13.4. The number of aromatic nitrogens is 3. The molecule has 0 bridgehead atoms. The number of amides is 1. The number of anilines is 2. The number of pyridine rings is 1. The monoisotopic (exact) mass is 477 g/mol. The van der Waals surface area contributed by atoms with Crippen LogP contribution in [0.4, 0.5) is 11.4 Å². The number of rotatable bonds is 7. The molecule has 4 aromatic rings. The van der Waals surface area contributed by atoms with E-state index in [4.69, 9.17) is 4.74 Å². The number of nitrogens with one attached hydrogen (secondary N) is 1. The normalized spacial score (nSPS) is 11.1. The molecule has 0 aliphatic carbocycles. The molecule has 2 heterocycles. The summed E-state index contributed by atoms with van der Waals surface area (Å²) >= 11 is 0. The zero-order chi connectivity index (χ0) is 24.3. The summed E-state index contributed by atoms with van der Waals surface area (Å²) in [5, 5.41) is 6.98. The van der Waals surface area contributed by atoms with Gasteiger partial charge in [0.05, 0.1) is 23.4 Å². The predicted octanol–water partition coefficient (Wildman–Crippen LogP) is 3.66. The standard InChI is InChI=1S/C24H23N5O4S/c1-17-11-12-18(34(31,32)28(2)21-9-4-5-10-22(21)33-3)16-19(17)24(30)27-20-8-6-13-25-23(20)29-15-7-14-26-29/h4-16H,1-3H3,(H,27,30). The Hall–Kier alpha value is -4.18. The largest absolute Gasteiger partial charge is 0.495 e. The lowest BCUT2D eigenvalue weighted by Crippen LogP contribution is -2.27. The molecule has 0 aliphatic rings. The van der Waals surface area contributed by atoms with Crippen molar-refractivity contribution in [2.75, 3.05) is 23.8 Å². The van der Waals surface area contributed by atoms with E-state index in [0.717, 1.165) is 4.31 Å². The fourth-order valence-corrected chi connectivity index (χ4v) is 4.68. The lowest BCUT2D eigenvalue weighted by atomic mass is 10.1. The molecule has 10 heteroatoms. The Morgan fingerprint density at radius 1 is 1.06 bits per heavy atom. The lowest BCUT2D eigenvalue weighted by Gasteiger charge is -2.22. The first kappa shape index (κ1) is 23.0. The van der Waals surface area contributed by atoms with Gasteiger partial charge in [0.1, 0.15) is 5.75 Å². The number of nitrogens with zero attached hydrogens (tertiary/aromatic N) is 4. The number of sulfonamides is 1. The molecular formula is C24H23N5O4S. The molecule has 0 unspecified atom stereocenters. The van der Waals surface area contributed by atoms with Crippen LogP contribution in [0.25, 0.3) is 5.82 Å². The molecule has 2 aromatic carbocycles. The highest BCUT2D eigenvalue weighted by atomic mass is 32.2. The minimum atomic E-state index is -3.97. The average Bonchev–Trinajstić information content (AvgIpc) is 3.38. The molecule has 0 spiro atoms. The third kappa shape index (κ3) is 4.35. The maximum Gasteiger partial charge on any atom is 0.264 e. The summed E-state index contributed by atoms with van der Waals surface area (Å²) in [6, 6.07) is 16.4. The van der Waals surface area contributed by atoms with E-state index in [2.05, 4.69) is 15.4 Å². The minimum absolute atomic E-state index is 0.0184. The number of para-hydroxylation sites is 2. The van der Waals surface area contributed by atoms with Crippen molar-refractivity contribution in [2.45, 2.75) is 11.8 Å². The van der Waals surface area contributed by atoms with Gasteiger partial charge < -0.3 is 10.1 Å². The quantitative estimate of drug-likeness (QED) is 0.435. The summed E-state index contributed by atoms with van der Waals surface area (Å²) in [5.41, 5.74) is 1.68. The molecule has 174 valence electrons. The molecule has 34 heavy (non-hydrogen) atoms. The second-order valence-electron chi connectivity index (χ2n) is 7.40. The van der Waals surface area contributed by atoms with Crippen LogP contribution >= 0.6 is 0 Å². The zero-order valence-electron chi connectivity index (χ0n) is 18.8. The number of carbonyl (C=O) groups is 1. The first-order valence-corrected chi connectivity index (χ1v) is 11.8. The van der Waals surface area contributed by atoms with Gasteiger partial charge in [-0.2, -0.15) is 5.10 Å². The van der Waals surface area contributed by atoms with Gasteiger partial charge in [-0.05, 0) is 55.0 Å². The van der Waals surface area contributed by atoms with Gasteiger partial charge in [-0.15, -0.1) is 0 Å². The van der Waals surface area contributed by atoms with Crippen LogP contribution < -0.4 is 14.4 Å². The fraction of sp³-hybridized carbons (Fsp3) is 0.125. The molecule has 9 nitrogen and oxygen atoms in total. The highest BCUT2D eigenvalue weighted by Crippen LogP contribution is 2.31. The van der Waals surface area contributed by atoms with Gasteiger partial charge in [-0.25, -0.2) is 18.1 Å². The molecule has 4 rings (SSSR count). The Labute approximate surface area is 197 Å². The van der Waals surface area contributed by atoms with Crippen molar-refractivity contribution in [3.63, 3.8) is 0 Å². The molecule has 1 amide bonds. The summed E-state index contributed by atoms with van der Waals surface area (Å²) in [4.78, 5) is 17.5. The van der Waals surface area contributed by atoms with Crippen LogP contribution in [0.3, 0.4) is 0 Å². The van der Waals surface area contributed by atoms with Crippen LogP contribution in [0.2, 0.25) is 0 Å². The third-order valence-electron chi connectivity index (χ3n) is 5.29. The van der Waals surface area contributed by atoms with Crippen LogP contribution in [-0.2, 0) is 10.0 Å². The molecule has 1 N–H and O–H groups in total. The number of carbonyl (C=O) groups excluding carboxylic acids is 1. The summed E-state index contributed by atoms with van der Waals surface area (Å²) in [5.74, 6) is 0.399. The molecule has 2 aromatic heterocycles. The molecule has 0 saturated carbocycles. The average molecular weight is 478 g/mol. The van der Waals surface area contributed by atoms with Gasteiger partial charge in [0.2, 0.25) is 0 Å². The van der Waals surface area contributed by atoms with Gasteiger partial charge >= 0.3 is 0 Å². The smallest absolute Gasteiger partial charge is 0.264 e. The topological polar surface area (TPSA) is 106 Å². The lowest BCUT2D eigenvalue weighted by molar-refractivity contribution is 0.102. The van der Waals surface area contributed by atoms with Crippen molar-refractivity contribution in [3.8, 4) is 11.6 Å². The Morgan fingerprint density at radius 2 is 1.85 bits per heavy atom. The molecule has 0 atom stereocenters. The summed E-state index contributed by atoms with van der Waals surface area (Å²) in [7, 11) is -1.05. The van der Waals surface area contributed by atoms with E-state index < -0.39 is 15.9 Å². The maximum absolute atomic E-state index is 13.4. The number of aryl methyl sites for hydroxylation is 1. The minimum Gasteiger partial charge on any atom is -0.495 e. The summed E-state index contributed by atoms with van der Waals surface area (Å²) in [6.07, 6.45) is 4.92. The van der Waals surface area contributed by atoms with Crippen molar-refractivity contribution in [2.24, 2.45) is 0 Å². The Morgan fingerprint density at radius 3 is 2.59 bits per heavy atom. The van der Waals surface area contributed by atoms with Crippen molar-refractivity contribution >= 4 is 27.3 Å². The van der Waals surface area contributed by atoms with Crippen LogP contribution in [-0.4, -0.2) is 43.2 Å². The van der Waals surface area contributed by atoms with Crippen molar-refractivity contribution in [3.05, 3.63) is 90.4 Å². The molecule has 0 radical (unpaired) electrons. The number of hydrogen-bond donors (Lipinski definition) is 1. The van der Waals surface area contributed by atoms with E-state index in [0.29, 0.717) is 28.5 Å². The highest BCUT2D eigenvalue weighted by molar-refractivity contribution is 7.92. The van der Waals surface area contributed by atoms with Crippen molar-refractivity contribution in [1.29, 1.82) is 0 Å². The molecule has 0 saturated heterocycles. The second kappa shape index (κ2) is 9.36. The van der Waals surface area contributed by atoms with E-state index in [1.54, 1.807) is 74.0 Å².